The van der Waals surface area contributed by atoms with Crippen molar-refractivity contribution in [1.82, 2.24) is 14.2 Å². The van der Waals surface area contributed by atoms with Crippen LogP contribution in [0.4, 0.5) is 4.39 Å². The lowest BCUT2D eigenvalue weighted by Crippen LogP contribution is -2.35. The molecule has 0 aliphatic heterocycles. The van der Waals surface area contributed by atoms with Crippen LogP contribution in [0.1, 0.15) is 13.8 Å². The van der Waals surface area contributed by atoms with Gasteiger partial charge in [-0.3, -0.25) is 9.59 Å². The summed E-state index contributed by atoms with van der Waals surface area (Å²) in [4.78, 5) is 24.0. The number of benzene rings is 1. The molecule has 0 saturated carbocycles. The second kappa shape index (κ2) is 10.2. The van der Waals surface area contributed by atoms with E-state index in [-0.39, 0.29) is 30.4 Å². The number of hydrogen-bond acceptors (Lipinski definition) is 5. The lowest BCUT2D eigenvalue weighted by atomic mass is 10.3. The van der Waals surface area contributed by atoms with Crippen LogP contribution in [0.5, 0.6) is 5.75 Å². The summed E-state index contributed by atoms with van der Waals surface area (Å²) in [5.41, 5.74) is -0.485. The van der Waals surface area contributed by atoms with E-state index in [1.165, 1.54) is 40.8 Å². The summed E-state index contributed by atoms with van der Waals surface area (Å²) in [7, 11) is -3.74. The van der Waals surface area contributed by atoms with Gasteiger partial charge in [0.2, 0.25) is 15.9 Å². The molecular weight excluding hydrogens is 401 g/mol. The van der Waals surface area contributed by atoms with Gasteiger partial charge in [0.15, 0.2) is 0 Å². The molecule has 0 saturated heterocycles. The summed E-state index contributed by atoms with van der Waals surface area (Å²) in [6.07, 6.45) is 1.17. The van der Waals surface area contributed by atoms with E-state index >= 15 is 0 Å². The zero-order chi connectivity index (χ0) is 21.4. The van der Waals surface area contributed by atoms with E-state index in [2.05, 4.69) is 5.32 Å². The van der Waals surface area contributed by atoms with Crippen molar-refractivity contribution in [2.45, 2.75) is 25.3 Å². The lowest BCUT2D eigenvalue weighted by molar-refractivity contribution is -0.121. The molecule has 1 amide bonds. The Bertz CT molecular complexity index is 986. The average Bonchev–Trinajstić information content (AvgIpc) is 2.69. The molecule has 158 valence electrons. The van der Waals surface area contributed by atoms with Gasteiger partial charge in [-0.2, -0.15) is 4.31 Å². The van der Waals surface area contributed by atoms with Crippen LogP contribution in [0.3, 0.4) is 0 Å². The van der Waals surface area contributed by atoms with E-state index in [0.29, 0.717) is 18.8 Å². The molecule has 0 unspecified atom stereocenters. The Labute approximate surface area is 169 Å². The number of carbonyl (C=O) groups excluding carboxylic acids is 1. The molecule has 2 rings (SSSR count). The van der Waals surface area contributed by atoms with E-state index in [9.17, 15) is 22.4 Å². The predicted octanol–water partition coefficient (Wildman–Crippen LogP) is 1.21. The number of nitrogens with zero attached hydrogens (tertiary/aromatic N) is 2. The molecule has 0 spiro atoms. The van der Waals surface area contributed by atoms with Crippen molar-refractivity contribution in [3.63, 3.8) is 0 Å². The number of aromatic nitrogens is 1. The topological polar surface area (TPSA) is 97.7 Å². The third-order valence-corrected chi connectivity index (χ3v) is 6.15. The molecular formula is C19H24FN3O5S. The quantitative estimate of drug-likeness (QED) is 0.577. The van der Waals surface area contributed by atoms with Crippen molar-refractivity contribution in [1.29, 1.82) is 0 Å². The van der Waals surface area contributed by atoms with E-state index in [4.69, 9.17) is 4.74 Å². The van der Waals surface area contributed by atoms with Gasteiger partial charge in [-0.05, 0) is 30.3 Å². The third-order valence-electron chi connectivity index (χ3n) is 4.12. The maximum atomic E-state index is 12.8. The van der Waals surface area contributed by atoms with Gasteiger partial charge < -0.3 is 14.6 Å². The van der Waals surface area contributed by atoms with Crippen molar-refractivity contribution in [3.8, 4) is 5.75 Å². The summed E-state index contributed by atoms with van der Waals surface area (Å²) < 4.78 is 45.7. The highest BCUT2D eigenvalue weighted by Crippen LogP contribution is 2.13. The number of hydrogen-bond donors (Lipinski definition) is 1. The summed E-state index contributed by atoms with van der Waals surface area (Å²) in [6, 6.07) is 7.83. The predicted molar refractivity (Wildman–Crippen MR) is 106 cm³/mol. The third kappa shape index (κ3) is 6.13. The second-order valence-corrected chi connectivity index (χ2v) is 8.01. The molecule has 29 heavy (non-hydrogen) atoms. The van der Waals surface area contributed by atoms with Crippen LogP contribution in [0.15, 0.2) is 52.3 Å². The molecule has 10 heteroatoms. The van der Waals surface area contributed by atoms with Gasteiger partial charge >= 0.3 is 0 Å². The van der Waals surface area contributed by atoms with Crippen LogP contribution in [0.25, 0.3) is 0 Å². The number of sulfonamides is 1. The molecule has 0 aliphatic carbocycles. The van der Waals surface area contributed by atoms with Crippen LogP contribution < -0.4 is 15.6 Å². The Kier molecular flexibility index (Phi) is 7.91. The van der Waals surface area contributed by atoms with Gasteiger partial charge in [0.1, 0.15) is 24.7 Å². The Morgan fingerprint density at radius 2 is 1.79 bits per heavy atom. The fourth-order valence-electron chi connectivity index (χ4n) is 2.60. The normalized spacial score (nSPS) is 11.4. The lowest BCUT2D eigenvalue weighted by Gasteiger charge is -2.19. The maximum Gasteiger partial charge on any atom is 0.251 e. The van der Waals surface area contributed by atoms with Crippen LogP contribution in [0.2, 0.25) is 0 Å². The van der Waals surface area contributed by atoms with E-state index in [1.807, 2.05) is 0 Å². The minimum Gasteiger partial charge on any atom is -0.492 e. The fourth-order valence-corrected chi connectivity index (χ4v) is 4.08. The first-order valence-electron chi connectivity index (χ1n) is 9.13. The first kappa shape index (κ1) is 22.6. The Morgan fingerprint density at radius 3 is 2.41 bits per heavy atom. The first-order valence-corrected chi connectivity index (χ1v) is 10.6. The highest BCUT2D eigenvalue weighted by Gasteiger charge is 2.22. The molecule has 0 fully saturated rings. The standard InChI is InChI=1S/C19H24FN3O5S/c1-3-23(4-2)29(26,27)17-9-10-19(25)22(13-17)14-18(24)21-11-12-28-16-7-5-15(20)6-8-16/h5-10,13H,3-4,11-12,14H2,1-2H3,(H,21,24). The number of amides is 1. The molecule has 1 aromatic carbocycles. The van der Waals surface area contributed by atoms with Gasteiger partial charge in [-0.1, -0.05) is 13.8 Å². The van der Waals surface area contributed by atoms with Gasteiger partial charge in [0, 0.05) is 25.4 Å². The van der Waals surface area contributed by atoms with E-state index in [1.54, 1.807) is 13.8 Å². The smallest absolute Gasteiger partial charge is 0.251 e. The minimum absolute atomic E-state index is 0.0479. The molecule has 0 bridgehead atoms. The van der Waals surface area contributed by atoms with Gasteiger partial charge in [-0.25, -0.2) is 12.8 Å². The van der Waals surface area contributed by atoms with E-state index in [0.717, 1.165) is 10.6 Å². The molecule has 0 radical (unpaired) electrons. The number of pyridine rings is 1. The highest BCUT2D eigenvalue weighted by atomic mass is 32.2. The SMILES string of the molecule is CCN(CC)S(=O)(=O)c1ccc(=O)n(CC(=O)NCCOc2ccc(F)cc2)c1. The van der Waals surface area contributed by atoms with Gasteiger partial charge in [-0.15, -0.1) is 0 Å². The zero-order valence-corrected chi connectivity index (χ0v) is 17.1. The van der Waals surface area contributed by atoms with Crippen molar-refractivity contribution in [2.24, 2.45) is 0 Å². The molecule has 0 aliphatic rings. The number of carbonyl (C=O) groups is 1. The maximum absolute atomic E-state index is 12.8. The Morgan fingerprint density at radius 1 is 1.14 bits per heavy atom. The van der Waals surface area contributed by atoms with Crippen molar-refractivity contribution in [3.05, 3.63) is 58.8 Å². The number of ether oxygens (including phenoxy) is 1. The van der Waals surface area contributed by atoms with Crippen molar-refractivity contribution >= 4 is 15.9 Å². The summed E-state index contributed by atoms with van der Waals surface area (Å²) in [6.45, 7) is 4.04. The monoisotopic (exact) mass is 425 g/mol. The second-order valence-electron chi connectivity index (χ2n) is 6.07. The average molecular weight is 425 g/mol. The molecule has 1 aromatic heterocycles. The molecule has 1 N–H and O–H groups in total. The van der Waals surface area contributed by atoms with Gasteiger partial charge in [0.25, 0.3) is 5.56 Å². The van der Waals surface area contributed by atoms with Crippen LogP contribution >= 0.6 is 0 Å². The Hall–Kier alpha value is -2.72. The number of nitrogens with one attached hydrogen (secondary N) is 1. The highest BCUT2D eigenvalue weighted by molar-refractivity contribution is 7.89. The van der Waals surface area contributed by atoms with Crippen LogP contribution in [-0.2, 0) is 21.4 Å². The van der Waals surface area contributed by atoms with Crippen molar-refractivity contribution < 1.29 is 22.3 Å². The number of rotatable bonds is 10. The summed E-state index contributed by atoms with van der Waals surface area (Å²) in [5, 5.41) is 2.59. The van der Waals surface area contributed by atoms with Crippen molar-refractivity contribution in [2.75, 3.05) is 26.2 Å². The Balaban J connectivity index is 1.95. The first-order chi connectivity index (χ1) is 13.8. The molecule has 2 aromatic rings. The zero-order valence-electron chi connectivity index (χ0n) is 16.3. The fraction of sp³-hybridized carbons (Fsp3) is 0.368. The summed E-state index contributed by atoms with van der Waals surface area (Å²) >= 11 is 0. The summed E-state index contributed by atoms with van der Waals surface area (Å²) in [5.74, 6) is -0.375. The largest absolute Gasteiger partial charge is 0.492 e. The number of halogens is 1. The molecule has 1 heterocycles. The van der Waals surface area contributed by atoms with Gasteiger partial charge in [0.05, 0.1) is 11.4 Å². The molecule has 0 atom stereocenters. The molecule has 8 nitrogen and oxygen atoms in total. The van der Waals surface area contributed by atoms with Crippen LogP contribution in [-0.4, -0.2) is 49.4 Å². The minimum atomic E-state index is -3.74. The van der Waals surface area contributed by atoms with E-state index < -0.39 is 21.5 Å². The van der Waals surface area contributed by atoms with Crippen LogP contribution in [0, 0.1) is 5.82 Å².